The predicted molar refractivity (Wildman–Crippen MR) is 132 cm³/mol. The van der Waals surface area contributed by atoms with Gasteiger partial charge in [-0.05, 0) is 42.0 Å². The van der Waals surface area contributed by atoms with E-state index in [0.29, 0.717) is 32.0 Å². The first kappa shape index (κ1) is 23.5. The number of guanidine groups is 1. The highest BCUT2D eigenvalue weighted by molar-refractivity contribution is 14.0. The monoisotopic (exact) mass is 536 g/mol. The first-order valence-electron chi connectivity index (χ1n) is 10.6. The number of halogens is 2. The molecular formula is C24H30FIN4O. The van der Waals surface area contributed by atoms with E-state index in [1.807, 2.05) is 17.0 Å². The number of hydrogen-bond donors (Lipinski definition) is 2. The molecule has 7 heteroatoms. The van der Waals surface area contributed by atoms with Crippen molar-refractivity contribution in [2.45, 2.75) is 44.2 Å². The highest BCUT2D eigenvalue weighted by atomic mass is 127. The summed E-state index contributed by atoms with van der Waals surface area (Å²) in [5.74, 6) is 0.833. The highest BCUT2D eigenvalue weighted by Crippen LogP contribution is 2.48. The number of carbonyl (C=O) groups is 1. The number of nitrogens with zero attached hydrogens (tertiary/aromatic N) is 2. The molecule has 166 valence electrons. The van der Waals surface area contributed by atoms with Crippen molar-refractivity contribution in [1.29, 1.82) is 0 Å². The number of aliphatic imine (C=N–C) groups is 1. The van der Waals surface area contributed by atoms with Crippen molar-refractivity contribution in [3.8, 4) is 0 Å². The molecule has 1 saturated carbocycles. The van der Waals surface area contributed by atoms with Gasteiger partial charge in [0.15, 0.2) is 5.96 Å². The van der Waals surface area contributed by atoms with Gasteiger partial charge in [0.25, 0.3) is 0 Å². The minimum absolute atomic E-state index is 0. The van der Waals surface area contributed by atoms with Gasteiger partial charge in [-0.15, -0.1) is 24.0 Å². The summed E-state index contributed by atoms with van der Waals surface area (Å²) in [5.41, 5.74) is 2.96. The summed E-state index contributed by atoms with van der Waals surface area (Å²) in [5, 5.41) is 6.69. The zero-order valence-corrected chi connectivity index (χ0v) is 20.2. The second kappa shape index (κ2) is 10.4. The van der Waals surface area contributed by atoms with E-state index < -0.39 is 0 Å². The molecule has 2 aromatic carbocycles. The average Bonchev–Trinajstić information content (AvgIpc) is 3.45. The molecule has 2 N–H and O–H groups in total. The van der Waals surface area contributed by atoms with E-state index in [2.05, 4.69) is 39.9 Å². The maximum absolute atomic E-state index is 14.2. The lowest BCUT2D eigenvalue weighted by Gasteiger charge is -2.20. The maximum atomic E-state index is 14.2. The van der Waals surface area contributed by atoms with E-state index in [-0.39, 0.29) is 41.1 Å². The van der Waals surface area contributed by atoms with Crippen LogP contribution in [0.4, 0.5) is 4.39 Å². The fraction of sp³-hybridized carbons (Fsp3) is 0.417. The lowest BCUT2D eigenvalue weighted by atomic mass is 9.95. The first-order valence-corrected chi connectivity index (χ1v) is 10.6. The molecule has 0 aromatic heterocycles. The van der Waals surface area contributed by atoms with E-state index in [9.17, 15) is 9.18 Å². The maximum Gasteiger partial charge on any atom is 0.222 e. The van der Waals surface area contributed by atoms with Gasteiger partial charge in [-0.1, -0.05) is 42.5 Å². The van der Waals surface area contributed by atoms with E-state index in [0.717, 1.165) is 42.5 Å². The Balaban J connectivity index is 0.00000272. The molecule has 1 heterocycles. The van der Waals surface area contributed by atoms with E-state index in [1.165, 1.54) is 6.07 Å². The molecule has 1 aliphatic heterocycles. The van der Waals surface area contributed by atoms with Gasteiger partial charge in [-0.3, -0.25) is 9.79 Å². The second-order valence-corrected chi connectivity index (χ2v) is 8.27. The topological polar surface area (TPSA) is 56.7 Å². The van der Waals surface area contributed by atoms with Crippen LogP contribution in [-0.2, 0) is 23.3 Å². The normalized spacial score (nSPS) is 17.3. The summed E-state index contributed by atoms with van der Waals surface area (Å²) in [6.07, 6.45) is 3.61. The molecule has 0 bridgehead atoms. The molecule has 0 radical (unpaired) electrons. The van der Waals surface area contributed by atoms with Crippen molar-refractivity contribution in [2.24, 2.45) is 4.99 Å². The van der Waals surface area contributed by atoms with Gasteiger partial charge in [0.2, 0.25) is 5.91 Å². The predicted octanol–water partition coefficient (Wildman–Crippen LogP) is 3.96. The van der Waals surface area contributed by atoms with E-state index in [1.54, 1.807) is 13.1 Å². The summed E-state index contributed by atoms with van der Waals surface area (Å²) in [6, 6.07) is 15.4. The Kier molecular flexibility index (Phi) is 7.91. The van der Waals surface area contributed by atoms with Crippen LogP contribution in [-0.4, -0.2) is 36.9 Å². The van der Waals surface area contributed by atoms with Gasteiger partial charge in [0, 0.05) is 45.1 Å². The fourth-order valence-corrected chi connectivity index (χ4v) is 4.10. The lowest BCUT2D eigenvalue weighted by Crippen LogP contribution is -2.41. The largest absolute Gasteiger partial charge is 0.356 e. The Morgan fingerprint density at radius 1 is 1.10 bits per heavy atom. The van der Waals surface area contributed by atoms with Gasteiger partial charge in [-0.2, -0.15) is 0 Å². The number of benzene rings is 2. The molecule has 0 spiro atoms. The van der Waals surface area contributed by atoms with Crippen molar-refractivity contribution >= 4 is 35.8 Å². The molecule has 2 fully saturated rings. The molecule has 2 aromatic rings. The quantitative estimate of drug-likeness (QED) is 0.320. The van der Waals surface area contributed by atoms with Gasteiger partial charge >= 0.3 is 0 Å². The van der Waals surface area contributed by atoms with Crippen LogP contribution in [0.3, 0.4) is 0 Å². The van der Waals surface area contributed by atoms with Crippen LogP contribution >= 0.6 is 24.0 Å². The van der Waals surface area contributed by atoms with Gasteiger partial charge in [0.05, 0.1) is 0 Å². The standard InChI is InChI=1S/C24H29FN4O.HI/c1-26-23(28-17-24(12-13-24)20-5-2-3-6-21(20)25)27-15-18-8-10-19(11-9-18)16-29-14-4-7-22(29)30;/h2-3,5-6,8-11H,4,7,12-17H2,1H3,(H2,26,27,28);1H. The van der Waals surface area contributed by atoms with Crippen molar-refractivity contribution in [1.82, 2.24) is 15.5 Å². The number of nitrogens with one attached hydrogen (secondary N) is 2. The molecule has 4 rings (SSSR count). The van der Waals surface area contributed by atoms with Crippen molar-refractivity contribution in [2.75, 3.05) is 20.1 Å². The van der Waals surface area contributed by atoms with Crippen LogP contribution in [0.5, 0.6) is 0 Å². The number of amides is 1. The zero-order valence-electron chi connectivity index (χ0n) is 17.9. The zero-order chi connectivity index (χ0) is 21.0. The molecular weight excluding hydrogens is 506 g/mol. The minimum Gasteiger partial charge on any atom is -0.356 e. The Labute approximate surface area is 200 Å². The van der Waals surface area contributed by atoms with Crippen LogP contribution in [0.25, 0.3) is 0 Å². The molecule has 0 atom stereocenters. The SMILES string of the molecule is CN=C(NCc1ccc(CN2CCCC2=O)cc1)NCC1(c2ccccc2F)CC1.I. The van der Waals surface area contributed by atoms with Crippen LogP contribution in [0.1, 0.15) is 42.4 Å². The summed E-state index contributed by atoms with van der Waals surface area (Å²) in [6.45, 7) is 2.86. The molecule has 1 amide bonds. The molecule has 1 aliphatic carbocycles. The summed E-state index contributed by atoms with van der Waals surface area (Å²) in [4.78, 5) is 18.0. The molecule has 0 unspecified atom stereocenters. The fourth-order valence-electron chi connectivity index (χ4n) is 4.10. The van der Waals surface area contributed by atoms with E-state index >= 15 is 0 Å². The first-order chi connectivity index (χ1) is 14.6. The van der Waals surface area contributed by atoms with E-state index in [4.69, 9.17) is 0 Å². The summed E-state index contributed by atoms with van der Waals surface area (Å²) >= 11 is 0. The third kappa shape index (κ3) is 5.75. The molecule has 31 heavy (non-hydrogen) atoms. The minimum atomic E-state index is -0.129. The van der Waals surface area contributed by atoms with Crippen molar-refractivity contribution in [3.05, 3.63) is 71.0 Å². The third-order valence-corrected chi connectivity index (χ3v) is 6.14. The summed E-state index contributed by atoms with van der Waals surface area (Å²) in [7, 11) is 1.74. The Morgan fingerprint density at radius 2 is 1.81 bits per heavy atom. The number of likely N-dealkylation sites (tertiary alicyclic amines) is 1. The second-order valence-electron chi connectivity index (χ2n) is 8.27. The van der Waals surface area contributed by atoms with Gasteiger partial charge in [0.1, 0.15) is 5.82 Å². The number of hydrogen-bond acceptors (Lipinski definition) is 2. The molecule has 2 aliphatic rings. The number of rotatable bonds is 7. The van der Waals surface area contributed by atoms with Crippen LogP contribution < -0.4 is 10.6 Å². The molecule has 1 saturated heterocycles. The van der Waals surface area contributed by atoms with Crippen molar-refractivity contribution < 1.29 is 9.18 Å². The number of carbonyl (C=O) groups excluding carboxylic acids is 1. The summed E-state index contributed by atoms with van der Waals surface area (Å²) < 4.78 is 14.2. The van der Waals surface area contributed by atoms with Crippen LogP contribution in [0, 0.1) is 5.82 Å². The van der Waals surface area contributed by atoms with Crippen LogP contribution in [0.15, 0.2) is 53.5 Å². The van der Waals surface area contributed by atoms with Crippen LogP contribution in [0.2, 0.25) is 0 Å². The van der Waals surface area contributed by atoms with Gasteiger partial charge < -0.3 is 15.5 Å². The van der Waals surface area contributed by atoms with Gasteiger partial charge in [-0.25, -0.2) is 4.39 Å². The smallest absolute Gasteiger partial charge is 0.222 e. The Bertz CT molecular complexity index is 927. The Hall–Kier alpha value is -2.16. The highest BCUT2D eigenvalue weighted by Gasteiger charge is 2.45. The molecule has 5 nitrogen and oxygen atoms in total. The third-order valence-electron chi connectivity index (χ3n) is 6.14. The van der Waals surface area contributed by atoms with Crippen molar-refractivity contribution in [3.63, 3.8) is 0 Å². The average molecular weight is 536 g/mol. The Morgan fingerprint density at radius 3 is 2.42 bits per heavy atom. The lowest BCUT2D eigenvalue weighted by molar-refractivity contribution is -0.128.